The molecule has 1 atom stereocenters. The molecule has 0 spiro atoms. The molecule has 21 heavy (non-hydrogen) atoms. The van der Waals surface area contributed by atoms with Crippen molar-refractivity contribution in [2.45, 2.75) is 19.8 Å². The van der Waals surface area contributed by atoms with Crippen molar-refractivity contribution in [3.63, 3.8) is 0 Å². The molecule has 7 heteroatoms. The summed E-state index contributed by atoms with van der Waals surface area (Å²) in [6.45, 7) is 2.85. The van der Waals surface area contributed by atoms with E-state index >= 15 is 0 Å². The zero-order chi connectivity index (χ0) is 15.0. The van der Waals surface area contributed by atoms with E-state index in [2.05, 4.69) is 10.2 Å². The molecule has 0 aliphatic carbocycles. The molecule has 1 fully saturated rings. The van der Waals surface area contributed by atoms with Gasteiger partial charge in [0.15, 0.2) is 5.65 Å². The van der Waals surface area contributed by atoms with Gasteiger partial charge in [-0.15, -0.1) is 0 Å². The van der Waals surface area contributed by atoms with Gasteiger partial charge in [0.1, 0.15) is 5.78 Å². The van der Waals surface area contributed by atoms with Gasteiger partial charge in [0, 0.05) is 31.6 Å². The van der Waals surface area contributed by atoms with Crippen LogP contribution in [0.1, 0.15) is 30.1 Å². The summed E-state index contributed by atoms with van der Waals surface area (Å²) in [6, 6.07) is 3.29. The highest BCUT2D eigenvalue weighted by Crippen LogP contribution is 2.17. The quantitative estimate of drug-likeness (QED) is 0.826. The maximum Gasteiger partial charge on any atom is 0.347 e. The van der Waals surface area contributed by atoms with Crippen LogP contribution in [0.5, 0.6) is 0 Å². The van der Waals surface area contributed by atoms with Crippen molar-refractivity contribution in [2.75, 3.05) is 13.1 Å². The first-order valence-corrected chi connectivity index (χ1v) is 6.95. The Kier molecular flexibility index (Phi) is 3.32. The maximum atomic E-state index is 12.6. The lowest BCUT2D eigenvalue weighted by Gasteiger charge is -2.20. The third-order valence-electron chi connectivity index (χ3n) is 3.97. The molecular weight excluding hydrogens is 272 g/mol. The smallest absolute Gasteiger partial charge is 0.338 e. The van der Waals surface area contributed by atoms with E-state index in [9.17, 15) is 14.4 Å². The van der Waals surface area contributed by atoms with Gasteiger partial charge in [-0.05, 0) is 18.6 Å². The molecule has 0 radical (unpaired) electrons. The summed E-state index contributed by atoms with van der Waals surface area (Å²) in [5.41, 5.74) is 0.313. The van der Waals surface area contributed by atoms with E-state index in [1.807, 2.05) is 6.92 Å². The zero-order valence-corrected chi connectivity index (χ0v) is 11.7. The van der Waals surface area contributed by atoms with Crippen LogP contribution in [0.15, 0.2) is 23.1 Å². The number of hydrogen-bond donors (Lipinski definition) is 1. The number of aromatic amines is 1. The molecule has 0 bridgehead atoms. The number of ketones is 1. The minimum Gasteiger partial charge on any atom is -0.338 e. The number of carbonyl (C=O) groups is 2. The van der Waals surface area contributed by atoms with Crippen molar-refractivity contribution in [2.24, 2.45) is 5.92 Å². The van der Waals surface area contributed by atoms with E-state index in [1.54, 1.807) is 23.2 Å². The van der Waals surface area contributed by atoms with Crippen molar-refractivity contribution in [1.29, 1.82) is 0 Å². The SMILES string of the molecule is CC1CCN(C(=O)c2cccn3c(=O)[nH]nc23)CCC1=O. The monoisotopic (exact) mass is 288 g/mol. The molecule has 1 unspecified atom stereocenters. The number of pyridine rings is 1. The van der Waals surface area contributed by atoms with Gasteiger partial charge in [0.2, 0.25) is 0 Å². The summed E-state index contributed by atoms with van der Waals surface area (Å²) in [6.07, 6.45) is 2.61. The highest BCUT2D eigenvalue weighted by Gasteiger charge is 2.25. The van der Waals surface area contributed by atoms with Crippen LogP contribution in [0.4, 0.5) is 0 Å². The van der Waals surface area contributed by atoms with Gasteiger partial charge in [-0.1, -0.05) is 6.92 Å². The number of nitrogens with one attached hydrogen (secondary N) is 1. The van der Waals surface area contributed by atoms with Crippen LogP contribution >= 0.6 is 0 Å². The van der Waals surface area contributed by atoms with E-state index in [-0.39, 0.29) is 23.3 Å². The normalized spacial score (nSPS) is 19.8. The van der Waals surface area contributed by atoms with Crippen molar-refractivity contribution in [3.8, 4) is 0 Å². The van der Waals surface area contributed by atoms with Crippen molar-refractivity contribution in [1.82, 2.24) is 19.5 Å². The molecule has 1 amide bonds. The number of nitrogens with zero attached hydrogens (tertiary/aromatic N) is 3. The van der Waals surface area contributed by atoms with Gasteiger partial charge in [-0.3, -0.25) is 9.59 Å². The molecule has 0 aromatic carbocycles. The van der Waals surface area contributed by atoms with Gasteiger partial charge in [-0.25, -0.2) is 14.3 Å². The summed E-state index contributed by atoms with van der Waals surface area (Å²) in [5.74, 6) is -0.00686. The first-order chi connectivity index (χ1) is 10.1. The Labute approximate surface area is 120 Å². The molecular formula is C14H16N4O3. The van der Waals surface area contributed by atoms with Gasteiger partial charge in [0.25, 0.3) is 5.91 Å². The average Bonchev–Trinajstić information content (AvgIpc) is 2.79. The van der Waals surface area contributed by atoms with Gasteiger partial charge in [-0.2, -0.15) is 5.10 Å². The van der Waals surface area contributed by atoms with E-state index < -0.39 is 0 Å². The predicted molar refractivity (Wildman–Crippen MR) is 75.1 cm³/mol. The van der Waals surface area contributed by atoms with Crippen molar-refractivity contribution < 1.29 is 9.59 Å². The summed E-state index contributed by atoms with van der Waals surface area (Å²) < 4.78 is 1.30. The van der Waals surface area contributed by atoms with E-state index in [4.69, 9.17) is 0 Å². The van der Waals surface area contributed by atoms with Gasteiger partial charge in [0.05, 0.1) is 5.56 Å². The fraction of sp³-hybridized carbons (Fsp3) is 0.429. The minimum absolute atomic E-state index is 0.00778. The van der Waals surface area contributed by atoms with Crippen LogP contribution in [0, 0.1) is 5.92 Å². The highest BCUT2D eigenvalue weighted by molar-refractivity contribution is 6.00. The Hall–Kier alpha value is -2.44. The van der Waals surface area contributed by atoms with Crippen LogP contribution < -0.4 is 5.69 Å². The standard InChI is InChI=1S/C14H16N4O3/c1-9-4-7-17(8-5-11(9)19)13(20)10-3-2-6-18-12(10)15-16-14(18)21/h2-3,6,9H,4-5,7-8H2,1H3,(H,16,21). The van der Waals surface area contributed by atoms with E-state index in [1.165, 1.54) is 4.40 Å². The summed E-state index contributed by atoms with van der Waals surface area (Å²) in [4.78, 5) is 37.6. The number of aromatic nitrogens is 3. The second-order valence-electron chi connectivity index (χ2n) is 5.34. The van der Waals surface area contributed by atoms with Gasteiger partial charge >= 0.3 is 5.69 Å². The number of hydrogen-bond acceptors (Lipinski definition) is 4. The molecule has 7 nitrogen and oxygen atoms in total. The molecule has 1 aliphatic heterocycles. The van der Waals surface area contributed by atoms with E-state index in [0.717, 1.165) is 0 Å². The van der Waals surface area contributed by atoms with E-state index in [0.29, 0.717) is 37.1 Å². The number of carbonyl (C=O) groups excluding carboxylic acids is 2. The number of fused-ring (bicyclic) bond motifs is 1. The highest BCUT2D eigenvalue weighted by atomic mass is 16.2. The van der Waals surface area contributed by atoms with Crippen LogP contribution in [0.2, 0.25) is 0 Å². The molecule has 110 valence electrons. The maximum absolute atomic E-state index is 12.6. The van der Waals surface area contributed by atoms with Crippen LogP contribution in [-0.4, -0.2) is 44.3 Å². The topological polar surface area (TPSA) is 87.5 Å². The number of rotatable bonds is 1. The molecule has 1 saturated heterocycles. The van der Waals surface area contributed by atoms with Crippen molar-refractivity contribution in [3.05, 3.63) is 34.4 Å². The largest absolute Gasteiger partial charge is 0.347 e. The number of likely N-dealkylation sites (tertiary alicyclic amines) is 1. The minimum atomic E-state index is -0.376. The predicted octanol–water partition coefficient (Wildman–Crippen LogP) is 0.464. The van der Waals surface area contributed by atoms with Crippen LogP contribution in [0.25, 0.3) is 5.65 Å². The zero-order valence-electron chi connectivity index (χ0n) is 11.7. The fourth-order valence-corrected chi connectivity index (χ4v) is 2.59. The Morgan fingerprint density at radius 2 is 2.19 bits per heavy atom. The second kappa shape index (κ2) is 5.16. The molecule has 1 aliphatic rings. The molecule has 2 aromatic heterocycles. The first kappa shape index (κ1) is 13.5. The Bertz CT molecular complexity index is 761. The molecule has 3 rings (SSSR count). The van der Waals surface area contributed by atoms with Gasteiger partial charge < -0.3 is 4.90 Å². The third kappa shape index (κ3) is 2.35. The average molecular weight is 288 g/mol. The Balaban J connectivity index is 1.93. The summed E-state index contributed by atoms with van der Waals surface area (Å²) in [5, 5.41) is 6.23. The third-order valence-corrected chi connectivity index (χ3v) is 3.97. The Morgan fingerprint density at radius 3 is 3.00 bits per heavy atom. The van der Waals surface area contributed by atoms with Crippen molar-refractivity contribution >= 4 is 17.3 Å². The van der Waals surface area contributed by atoms with Crippen LogP contribution in [0.3, 0.4) is 0 Å². The molecule has 3 heterocycles. The molecule has 0 saturated carbocycles. The Morgan fingerprint density at radius 1 is 1.38 bits per heavy atom. The lowest BCUT2D eigenvalue weighted by molar-refractivity contribution is -0.122. The number of H-pyrrole nitrogens is 1. The number of Topliss-reactive ketones (excluding diaryl/α,β-unsaturated/α-hetero) is 1. The molecule has 2 aromatic rings. The first-order valence-electron chi connectivity index (χ1n) is 6.95. The summed E-state index contributed by atoms with van der Waals surface area (Å²) in [7, 11) is 0. The summed E-state index contributed by atoms with van der Waals surface area (Å²) >= 11 is 0. The fourth-order valence-electron chi connectivity index (χ4n) is 2.59. The lowest BCUT2D eigenvalue weighted by Crippen LogP contribution is -2.32. The molecule has 1 N–H and O–H groups in total. The number of amides is 1. The second-order valence-corrected chi connectivity index (χ2v) is 5.34. The van der Waals surface area contributed by atoms with Crippen LogP contribution in [-0.2, 0) is 4.79 Å². The lowest BCUT2D eigenvalue weighted by atomic mass is 10.0.